The van der Waals surface area contributed by atoms with Gasteiger partial charge in [0.1, 0.15) is 0 Å². The lowest BCUT2D eigenvalue weighted by Gasteiger charge is -2.23. The van der Waals surface area contributed by atoms with Gasteiger partial charge in [-0.1, -0.05) is 6.92 Å². The van der Waals surface area contributed by atoms with Gasteiger partial charge in [0.15, 0.2) is 0 Å². The van der Waals surface area contributed by atoms with Gasteiger partial charge in [0, 0.05) is 23.8 Å². The quantitative estimate of drug-likeness (QED) is 0.927. The number of thiophene rings is 1. The smallest absolute Gasteiger partial charge is 0.254 e. The van der Waals surface area contributed by atoms with Crippen LogP contribution in [-0.4, -0.2) is 35.6 Å². The van der Waals surface area contributed by atoms with Crippen molar-refractivity contribution < 1.29 is 9.90 Å². The van der Waals surface area contributed by atoms with Crippen molar-refractivity contribution in [2.45, 2.75) is 45.1 Å². The van der Waals surface area contributed by atoms with Crippen molar-refractivity contribution in [3.63, 3.8) is 0 Å². The molecular formula is C16H23NO2S. The minimum atomic E-state index is -0.349. The molecule has 0 bridgehead atoms. The van der Waals surface area contributed by atoms with Crippen LogP contribution in [0.5, 0.6) is 0 Å². The maximum atomic E-state index is 12.6. The standard InChI is InChI=1S/C16H23NO2S/c1-10-3-6-12-13(9-20-15(12)7-10)16(19)17(2)8-14(18)11-4-5-11/h9-11,14,18H,3-8H2,1-2H3. The Hall–Kier alpha value is -0.870. The summed E-state index contributed by atoms with van der Waals surface area (Å²) in [6, 6.07) is 0. The topological polar surface area (TPSA) is 40.5 Å². The zero-order valence-corrected chi connectivity index (χ0v) is 13.1. The molecule has 3 nitrogen and oxygen atoms in total. The van der Waals surface area contributed by atoms with Gasteiger partial charge in [-0.2, -0.15) is 0 Å². The van der Waals surface area contributed by atoms with E-state index in [0.29, 0.717) is 12.5 Å². The largest absolute Gasteiger partial charge is 0.391 e. The van der Waals surface area contributed by atoms with E-state index < -0.39 is 0 Å². The van der Waals surface area contributed by atoms with Crippen molar-refractivity contribution in [3.8, 4) is 0 Å². The average Bonchev–Trinajstić information content (AvgIpc) is 3.18. The van der Waals surface area contributed by atoms with Gasteiger partial charge < -0.3 is 10.0 Å². The van der Waals surface area contributed by atoms with E-state index in [2.05, 4.69) is 6.92 Å². The number of hydrogen-bond donors (Lipinski definition) is 1. The lowest BCUT2D eigenvalue weighted by Crippen LogP contribution is -2.35. The highest BCUT2D eigenvalue weighted by Gasteiger charge is 2.32. The molecule has 1 heterocycles. The molecule has 4 heteroatoms. The van der Waals surface area contributed by atoms with E-state index in [4.69, 9.17) is 0 Å². The van der Waals surface area contributed by atoms with Gasteiger partial charge in [0.05, 0.1) is 11.7 Å². The fourth-order valence-corrected chi connectivity index (χ4v) is 4.29. The second-order valence-electron chi connectivity index (χ2n) is 6.49. The number of aliphatic hydroxyl groups excluding tert-OH is 1. The van der Waals surface area contributed by atoms with Crippen molar-refractivity contribution in [1.82, 2.24) is 4.90 Å². The van der Waals surface area contributed by atoms with Crippen LogP contribution in [0.15, 0.2) is 5.38 Å². The summed E-state index contributed by atoms with van der Waals surface area (Å²) in [5, 5.41) is 12.0. The first-order valence-electron chi connectivity index (χ1n) is 7.59. The van der Waals surface area contributed by atoms with Crippen LogP contribution in [0.25, 0.3) is 0 Å². The lowest BCUT2D eigenvalue weighted by molar-refractivity contribution is 0.0644. The number of rotatable bonds is 4. The first-order valence-corrected chi connectivity index (χ1v) is 8.47. The maximum absolute atomic E-state index is 12.6. The van der Waals surface area contributed by atoms with Crippen LogP contribution in [0, 0.1) is 11.8 Å². The molecule has 3 rings (SSSR count). The second-order valence-corrected chi connectivity index (χ2v) is 7.45. The second kappa shape index (κ2) is 5.49. The van der Waals surface area contributed by atoms with Gasteiger partial charge in [-0.25, -0.2) is 0 Å². The van der Waals surface area contributed by atoms with Gasteiger partial charge in [0.2, 0.25) is 0 Å². The Morgan fingerprint density at radius 2 is 2.25 bits per heavy atom. The zero-order chi connectivity index (χ0) is 14.3. The van der Waals surface area contributed by atoms with Crippen molar-refractivity contribution in [2.75, 3.05) is 13.6 Å². The van der Waals surface area contributed by atoms with Crippen molar-refractivity contribution in [2.24, 2.45) is 11.8 Å². The molecule has 0 aromatic carbocycles. The molecule has 1 saturated carbocycles. The predicted molar refractivity (Wildman–Crippen MR) is 81.2 cm³/mol. The Balaban J connectivity index is 1.70. The molecule has 2 aliphatic carbocycles. The summed E-state index contributed by atoms with van der Waals surface area (Å²) in [4.78, 5) is 15.6. The number of amides is 1. The molecule has 1 fully saturated rings. The van der Waals surface area contributed by atoms with Gasteiger partial charge in [0.25, 0.3) is 5.91 Å². The highest BCUT2D eigenvalue weighted by Crippen LogP contribution is 2.34. The molecule has 1 amide bonds. The van der Waals surface area contributed by atoms with Crippen molar-refractivity contribution >= 4 is 17.2 Å². The number of hydrogen-bond acceptors (Lipinski definition) is 3. The Morgan fingerprint density at radius 3 is 2.95 bits per heavy atom. The number of aliphatic hydroxyl groups is 1. The van der Waals surface area contributed by atoms with Gasteiger partial charge >= 0.3 is 0 Å². The zero-order valence-electron chi connectivity index (χ0n) is 12.3. The van der Waals surface area contributed by atoms with Crippen LogP contribution < -0.4 is 0 Å². The number of carbonyl (C=O) groups is 1. The monoisotopic (exact) mass is 293 g/mol. The molecule has 20 heavy (non-hydrogen) atoms. The normalized spacial score (nSPS) is 23.2. The van der Waals surface area contributed by atoms with E-state index in [1.54, 1.807) is 16.2 Å². The van der Waals surface area contributed by atoms with E-state index in [1.165, 1.54) is 16.9 Å². The molecular weight excluding hydrogens is 270 g/mol. The first-order chi connectivity index (χ1) is 9.56. The highest BCUT2D eigenvalue weighted by atomic mass is 32.1. The number of likely N-dealkylation sites (N-methyl/N-ethyl adjacent to an activating group) is 1. The molecule has 0 aliphatic heterocycles. The molecule has 1 N–H and O–H groups in total. The summed E-state index contributed by atoms with van der Waals surface area (Å²) in [5.74, 6) is 1.23. The fourth-order valence-electron chi connectivity index (χ4n) is 3.06. The minimum absolute atomic E-state index is 0.0803. The molecule has 0 saturated heterocycles. The molecule has 2 aliphatic rings. The molecule has 110 valence electrons. The van der Waals surface area contributed by atoms with E-state index in [-0.39, 0.29) is 12.0 Å². The van der Waals surface area contributed by atoms with Crippen LogP contribution in [0.4, 0.5) is 0 Å². The number of carbonyl (C=O) groups excluding carboxylic acids is 1. The molecule has 0 spiro atoms. The summed E-state index contributed by atoms with van der Waals surface area (Å²) < 4.78 is 0. The average molecular weight is 293 g/mol. The third-order valence-corrected chi connectivity index (χ3v) is 5.66. The molecule has 2 atom stereocenters. The summed E-state index contributed by atoms with van der Waals surface area (Å²) in [7, 11) is 1.81. The summed E-state index contributed by atoms with van der Waals surface area (Å²) in [6.45, 7) is 2.74. The molecule has 2 unspecified atom stereocenters. The van der Waals surface area contributed by atoms with Crippen LogP contribution in [0.1, 0.15) is 47.0 Å². The highest BCUT2D eigenvalue weighted by molar-refractivity contribution is 7.10. The van der Waals surface area contributed by atoms with Crippen LogP contribution >= 0.6 is 11.3 Å². The Morgan fingerprint density at radius 1 is 1.50 bits per heavy atom. The first kappa shape index (κ1) is 14.1. The van der Waals surface area contributed by atoms with E-state index in [1.807, 2.05) is 12.4 Å². The minimum Gasteiger partial charge on any atom is -0.391 e. The molecule has 0 radical (unpaired) electrons. The molecule has 1 aromatic heterocycles. The Bertz CT molecular complexity index is 507. The fraction of sp³-hybridized carbons (Fsp3) is 0.688. The van der Waals surface area contributed by atoms with Crippen molar-refractivity contribution in [1.29, 1.82) is 0 Å². The van der Waals surface area contributed by atoms with E-state index in [9.17, 15) is 9.90 Å². The van der Waals surface area contributed by atoms with Crippen molar-refractivity contribution in [3.05, 3.63) is 21.4 Å². The third-order valence-electron chi connectivity index (χ3n) is 4.61. The third kappa shape index (κ3) is 2.77. The lowest BCUT2D eigenvalue weighted by atomic mass is 9.88. The number of fused-ring (bicyclic) bond motifs is 1. The van der Waals surface area contributed by atoms with Gasteiger partial charge in [-0.15, -0.1) is 11.3 Å². The summed E-state index contributed by atoms with van der Waals surface area (Å²) >= 11 is 1.73. The Kier molecular flexibility index (Phi) is 3.87. The van der Waals surface area contributed by atoms with Crippen LogP contribution in [0.2, 0.25) is 0 Å². The summed E-state index contributed by atoms with van der Waals surface area (Å²) in [6.07, 6.45) is 5.18. The van der Waals surface area contributed by atoms with Crippen LogP contribution in [0.3, 0.4) is 0 Å². The maximum Gasteiger partial charge on any atom is 0.254 e. The van der Waals surface area contributed by atoms with Gasteiger partial charge in [-0.3, -0.25) is 4.79 Å². The van der Waals surface area contributed by atoms with E-state index in [0.717, 1.165) is 37.2 Å². The summed E-state index contributed by atoms with van der Waals surface area (Å²) in [5.41, 5.74) is 2.15. The van der Waals surface area contributed by atoms with Gasteiger partial charge in [-0.05, 0) is 49.5 Å². The van der Waals surface area contributed by atoms with E-state index >= 15 is 0 Å². The Labute approximate surface area is 124 Å². The number of nitrogens with zero attached hydrogens (tertiary/aromatic N) is 1. The molecule has 1 aromatic rings. The predicted octanol–water partition coefficient (Wildman–Crippen LogP) is 2.72. The van der Waals surface area contributed by atoms with Crippen LogP contribution in [-0.2, 0) is 12.8 Å². The SMILES string of the molecule is CC1CCc2c(C(=O)N(C)CC(O)C3CC3)csc2C1.